The van der Waals surface area contributed by atoms with E-state index in [2.05, 4.69) is 4.74 Å². The van der Waals surface area contributed by atoms with Gasteiger partial charge in [0.1, 0.15) is 11.3 Å². The molecule has 1 aromatic rings. The van der Waals surface area contributed by atoms with Crippen molar-refractivity contribution in [1.29, 1.82) is 0 Å². The molecule has 4 nitrogen and oxygen atoms in total. The lowest BCUT2D eigenvalue weighted by molar-refractivity contribution is -0.138. The predicted molar refractivity (Wildman–Crippen MR) is 54.5 cm³/mol. The standard InChI is InChI=1S/C11H9F3O4/c1-5(15)6-3-7(10(17)18-2)9(16)8(4-6)11(12,13)14/h3-4,16H,1-2H3. The van der Waals surface area contributed by atoms with Gasteiger partial charge in [-0.2, -0.15) is 13.2 Å². The van der Waals surface area contributed by atoms with E-state index in [1.54, 1.807) is 0 Å². The number of esters is 1. The maximum absolute atomic E-state index is 12.6. The number of benzene rings is 1. The molecule has 0 aliphatic rings. The number of aromatic hydroxyl groups is 1. The Bertz CT molecular complexity index is 506. The van der Waals surface area contributed by atoms with Crippen molar-refractivity contribution in [1.82, 2.24) is 0 Å². The lowest BCUT2D eigenvalue weighted by Crippen LogP contribution is -2.12. The molecule has 0 saturated carbocycles. The molecular formula is C11H9F3O4. The van der Waals surface area contributed by atoms with E-state index in [1.807, 2.05) is 0 Å². The Balaban J connectivity index is 3.58. The van der Waals surface area contributed by atoms with Gasteiger partial charge >= 0.3 is 12.1 Å². The molecule has 0 spiro atoms. The van der Waals surface area contributed by atoms with E-state index < -0.39 is 34.8 Å². The normalized spacial score (nSPS) is 11.2. The Morgan fingerprint density at radius 3 is 2.22 bits per heavy atom. The summed E-state index contributed by atoms with van der Waals surface area (Å²) in [6.07, 6.45) is -4.88. The largest absolute Gasteiger partial charge is 0.506 e. The van der Waals surface area contributed by atoms with Crippen LogP contribution in [0.5, 0.6) is 5.75 Å². The summed E-state index contributed by atoms with van der Waals surface area (Å²) in [5.41, 5.74) is -2.48. The summed E-state index contributed by atoms with van der Waals surface area (Å²) in [6, 6.07) is 1.35. The average Bonchev–Trinajstić information content (AvgIpc) is 2.26. The molecule has 0 unspecified atom stereocenters. The van der Waals surface area contributed by atoms with Crippen LogP contribution < -0.4 is 0 Å². The number of carbonyl (C=O) groups excluding carboxylic acids is 2. The van der Waals surface area contributed by atoms with Crippen molar-refractivity contribution < 1.29 is 32.6 Å². The number of rotatable bonds is 2. The Hall–Kier alpha value is -2.05. The van der Waals surface area contributed by atoms with Crippen molar-refractivity contribution in [2.24, 2.45) is 0 Å². The molecule has 0 atom stereocenters. The van der Waals surface area contributed by atoms with Gasteiger partial charge in [0.05, 0.1) is 12.7 Å². The number of hydrogen-bond acceptors (Lipinski definition) is 4. The smallest absolute Gasteiger partial charge is 0.420 e. The number of halogens is 3. The molecule has 7 heteroatoms. The number of alkyl halides is 3. The number of carbonyl (C=O) groups is 2. The zero-order chi connectivity index (χ0) is 14.1. The number of ketones is 1. The number of Topliss-reactive ketones (excluding diaryl/α,β-unsaturated/α-hetero) is 1. The lowest BCUT2D eigenvalue weighted by atomic mass is 10.0. The van der Waals surface area contributed by atoms with Gasteiger partial charge in [0, 0.05) is 5.56 Å². The van der Waals surface area contributed by atoms with Gasteiger partial charge in [0.15, 0.2) is 5.78 Å². The summed E-state index contributed by atoms with van der Waals surface area (Å²) >= 11 is 0. The van der Waals surface area contributed by atoms with Crippen molar-refractivity contribution >= 4 is 11.8 Å². The van der Waals surface area contributed by atoms with Crippen LogP contribution in [-0.4, -0.2) is 24.0 Å². The Kier molecular flexibility index (Phi) is 3.64. The maximum Gasteiger partial charge on any atom is 0.420 e. The maximum atomic E-state index is 12.6. The highest BCUT2D eigenvalue weighted by Gasteiger charge is 2.36. The fraction of sp³-hybridized carbons (Fsp3) is 0.273. The highest BCUT2D eigenvalue weighted by Crippen LogP contribution is 2.38. The SMILES string of the molecule is COC(=O)c1cc(C(C)=O)cc(C(F)(F)F)c1O. The average molecular weight is 262 g/mol. The Morgan fingerprint density at radius 1 is 1.28 bits per heavy atom. The van der Waals surface area contributed by atoms with Crippen LogP contribution in [0.1, 0.15) is 33.2 Å². The number of phenols is 1. The van der Waals surface area contributed by atoms with Crippen molar-refractivity contribution in [2.75, 3.05) is 7.11 Å². The van der Waals surface area contributed by atoms with Crippen LogP contribution in [0, 0.1) is 0 Å². The highest BCUT2D eigenvalue weighted by molar-refractivity contribution is 6.00. The van der Waals surface area contributed by atoms with Crippen LogP contribution in [0.2, 0.25) is 0 Å². The van der Waals surface area contributed by atoms with E-state index in [1.165, 1.54) is 0 Å². The first kappa shape index (κ1) is 14.0. The lowest BCUT2D eigenvalue weighted by Gasteiger charge is -2.13. The van der Waals surface area contributed by atoms with E-state index >= 15 is 0 Å². The van der Waals surface area contributed by atoms with Gasteiger partial charge in [0.25, 0.3) is 0 Å². The summed E-state index contributed by atoms with van der Waals surface area (Å²) in [5.74, 6) is -3.06. The minimum absolute atomic E-state index is 0.333. The molecule has 98 valence electrons. The first-order valence-electron chi connectivity index (χ1n) is 4.72. The molecule has 0 aliphatic carbocycles. The van der Waals surface area contributed by atoms with Crippen LogP contribution in [0.3, 0.4) is 0 Å². The van der Waals surface area contributed by atoms with Crippen LogP contribution in [0.25, 0.3) is 0 Å². The third kappa shape index (κ3) is 2.61. The van der Waals surface area contributed by atoms with E-state index in [0.29, 0.717) is 6.07 Å². The first-order chi connectivity index (χ1) is 8.18. The third-order valence-corrected chi connectivity index (χ3v) is 2.23. The van der Waals surface area contributed by atoms with Gasteiger partial charge in [0.2, 0.25) is 0 Å². The molecule has 0 heterocycles. The van der Waals surface area contributed by atoms with Crippen molar-refractivity contribution in [3.05, 3.63) is 28.8 Å². The van der Waals surface area contributed by atoms with Crippen molar-refractivity contribution in [2.45, 2.75) is 13.1 Å². The summed E-state index contributed by atoms with van der Waals surface area (Å²) in [6.45, 7) is 1.05. The fourth-order valence-electron chi connectivity index (χ4n) is 1.32. The molecule has 0 radical (unpaired) electrons. The second kappa shape index (κ2) is 4.67. The quantitative estimate of drug-likeness (QED) is 0.656. The second-order valence-corrected chi connectivity index (χ2v) is 3.47. The minimum atomic E-state index is -4.88. The van der Waals surface area contributed by atoms with Gasteiger partial charge < -0.3 is 9.84 Å². The van der Waals surface area contributed by atoms with Crippen LogP contribution in [-0.2, 0) is 10.9 Å². The van der Waals surface area contributed by atoms with Crippen LogP contribution in [0.15, 0.2) is 12.1 Å². The topological polar surface area (TPSA) is 63.6 Å². The molecular weight excluding hydrogens is 253 g/mol. The van der Waals surface area contributed by atoms with Crippen LogP contribution >= 0.6 is 0 Å². The molecule has 18 heavy (non-hydrogen) atoms. The van der Waals surface area contributed by atoms with Gasteiger partial charge in [-0.1, -0.05) is 0 Å². The van der Waals surface area contributed by atoms with Gasteiger partial charge in [-0.15, -0.1) is 0 Å². The predicted octanol–water partition coefficient (Wildman–Crippen LogP) is 2.40. The monoisotopic (exact) mass is 262 g/mol. The molecule has 0 aromatic heterocycles. The Labute approximate surface area is 100.0 Å². The van der Waals surface area contributed by atoms with E-state index in [-0.39, 0.29) is 5.56 Å². The van der Waals surface area contributed by atoms with E-state index in [9.17, 15) is 27.9 Å². The molecule has 1 aromatic carbocycles. The zero-order valence-corrected chi connectivity index (χ0v) is 9.46. The Morgan fingerprint density at radius 2 is 1.83 bits per heavy atom. The zero-order valence-electron chi connectivity index (χ0n) is 9.46. The third-order valence-electron chi connectivity index (χ3n) is 2.23. The highest BCUT2D eigenvalue weighted by atomic mass is 19.4. The fourth-order valence-corrected chi connectivity index (χ4v) is 1.32. The summed E-state index contributed by atoms with van der Waals surface area (Å²) < 4.78 is 42.1. The molecule has 0 bridgehead atoms. The molecule has 0 saturated heterocycles. The number of phenolic OH excluding ortho intramolecular Hbond substituents is 1. The van der Waals surface area contributed by atoms with E-state index in [4.69, 9.17) is 0 Å². The summed E-state index contributed by atoms with van der Waals surface area (Å²) in [7, 11) is 0.954. The molecule has 0 fully saturated rings. The number of ether oxygens (including phenoxy) is 1. The minimum Gasteiger partial charge on any atom is -0.506 e. The van der Waals surface area contributed by atoms with Crippen molar-refractivity contribution in [3.63, 3.8) is 0 Å². The molecule has 1 N–H and O–H groups in total. The number of hydrogen-bond donors (Lipinski definition) is 1. The van der Waals surface area contributed by atoms with Crippen LogP contribution in [0.4, 0.5) is 13.2 Å². The number of methoxy groups -OCH3 is 1. The van der Waals surface area contributed by atoms with Gasteiger partial charge in [-0.05, 0) is 19.1 Å². The summed E-state index contributed by atoms with van der Waals surface area (Å²) in [5, 5.41) is 9.40. The first-order valence-corrected chi connectivity index (χ1v) is 4.72. The summed E-state index contributed by atoms with van der Waals surface area (Å²) in [4.78, 5) is 22.3. The van der Waals surface area contributed by atoms with Gasteiger partial charge in [-0.25, -0.2) is 4.79 Å². The second-order valence-electron chi connectivity index (χ2n) is 3.47. The molecule has 1 rings (SSSR count). The van der Waals surface area contributed by atoms with Gasteiger partial charge in [-0.3, -0.25) is 4.79 Å². The van der Waals surface area contributed by atoms with E-state index in [0.717, 1.165) is 20.1 Å². The van der Waals surface area contributed by atoms with Crippen molar-refractivity contribution in [3.8, 4) is 5.75 Å². The molecule has 0 aliphatic heterocycles. The molecule has 0 amide bonds.